The molecule has 2 aromatic heterocycles. The van der Waals surface area contributed by atoms with Crippen molar-refractivity contribution >= 4 is 27.4 Å². The van der Waals surface area contributed by atoms with Crippen LogP contribution in [0.15, 0.2) is 16.6 Å². The van der Waals surface area contributed by atoms with Crippen molar-refractivity contribution in [2.24, 2.45) is 17.3 Å². The number of thiazole rings is 1. The lowest BCUT2D eigenvalue weighted by Gasteiger charge is -2.15. The second kappa shape index (κ2) is 7.44. The highest BCUT2D eigenvalue weighted by Gasteiger charge is 2.24. The van der Waals surface area contributed by atoms with Gasteiger partial charge in [0, 0.05) is 26.6 Å². The largest absolute Gasteiger partial charge is 0.354 e. The summed E-state index contributed by atoms with van der Waals surface area (Å²) in [6.45, 7) is 10.3. The molecule has 122 valence electrons. The molecule has 22 heavy (non-hydrogen) atoms. The normalized spacial score (nSPS) is 11.5. The molecule has 0 unspecified atom stereocenters. The van der Waals surface area contributed by atoms with Crippen molar-refractivity contribution < 1.29 is 0 Å². The summed E-state index contributed by atoms with van der Waals surface area (Å²) >= 11 is 1.52. The number of hydrogen-bond acceptors (Lipinski definition) is 7. The van der Waals surface area contributed by atoms with E-state index in [0.717, 1.165) is 15.8 Å². The molecule has 0 saturated carbocycles. The summed E-state index contributed by atoms with van der Waals surface area (Å²) in [5.41, 5.74) is 0.857. The molecule has 0 aliphatic rings. The summed E-state index contributed by atoms with van der Waals surface area (Å²) in [5, 5.41) is 17.9. The Kier molecular flexibility index (Phi) is 6.16. The molecular formula is C14H25N7S. The standard InChI is InChI=1S/C12H19N7S.C2H6/c1-12(2,3)8-9(20-11(14-8)18(4)5)15-17-10-16-13-7-19(10)6;1-2/h7H,1-6H3;1-2H3. The molecule has 2 rings (SSSR count). The lowest BCUT2D eigenvalue weighted by molar-refractivity contribution is 0.573. The fourth-order valence-electron chi connectivity index (χ4n) is 1.51. The average Bonchev–Trinajstić information content (AvgIpc) is 3.04. The minimum atomic E-state index is -0.0843. The Labute approximate surface area is 136 Å². The van der Waals surface area contributed by atoms with E-state index in [2.05, 4.69) is 46.2 Å². The van der Waals surface area contributed by atoms with Crippen LogP contribution in [0.25, 0.3) is 0 Å². The molecule has 0 fully saturated rings. The van der Waals surface area contributed by atoms with Gasteiger partial charge in [-0.2, -0.15) is 0 Å². The number of hydrogen-bond donors (Lipinski definition) is 0. The van der Waals surface area contributed by atoms with Crippen molar-refractivity contribution in [2.45, 2.75) is 40.0 Å². The van der Waals surface area contributed by atoms with Crippen molar-refractivity contribution in [1.82, 2.24) is 19.7 Å². The molecule has 0 aliphatic heterocycles. The molecule has 0 saturated heterocycles. The summed E-state index contributed by atoms with van der Waals surface area (Å²) in [7, 11) is 5.76. The fraction of sp³-hybridized carbons (Fsp3) is 0.643. The third-order valence-corrected chi connectivity index (χ3v) is 3.72. The SMILES string of the molecule is CC.CN(C)c1nc(C(C)(C)C)c(N=Nc2nncn2C)s1. The Morgan fingerprint density at radius 2 is 1.82 bits per heavy atom. The first kappa shape index (κ1) is 18.2. The maximum Gasteiger partial charge on any atom is 0.269 e. The number of aryl methyl sites for hydroxylation is 1. The molecule has 0 aliphatic carbocycles. The van der Waals surface area contributed by atoms with Gasteiger partial charge in [0.1, 0.15) is 6.33 Å². The maximum absolute atomic E-state index is 4.65. The van der Waals surface area contributed by atoms with Gasteiger partial charge in [0.05, 0.1) is 5.69 Å². The molecule has 0 atom stereocenters. The highest BCUT2D eigenvalue weighted by atomic mass is 32.1. The summed E-state index contributed by atoms with van der Waals surface area (Å²) < 4.78 is 1.72. The second-order valence-electron chi connectivity index (χ2n) is 5.74. The smallest absolute Gasteiger partial charge is 0.269 e. The number of nitrogens with zero attached hydrogens (tertiary/aromatic N) is 7. The number of aromatic nitrogens is 4. The van der Waals surface area contributed by atoms with Crippen LogP contribution in [0.3, 0.4) is 0 Å². The first-order chi connectivity index (χ1) is 10.3. The van der Waals surface area contributed by atoms with E-state index in [-0.39, 0.29) is 5.41 Å². The van der Waals surface area contributed by atoms with Gasteiger partial charge in [-0.25, -0.2) is 4.98 Å². The Morgan fingerprint density at radius 1 is 1.18 bits per heavy atom. The lowest BCUT2D eigenvalue weighted by Crippen LogP contribution is -2.13. The quantitative estimate of drug-likeness (QED) is 0.798. The van der Waals surface area contributed by atoms with Crippen LogP contribution >= 0.6 is 11.3 Å². The van der Waals surface area contributed by atoms with Crippen LogP contribution in [0.5, 0.6) is 0 Å². The summed E-state index contributed by atoms with van der Waals surface area (Å²) in [6, 6.07) is 0. The van der Waals surface area contributed by atoms with Crippen LogP contribution in [0.1, 0.15) is 40.3 Å². The van der Waals surface area contributed by atoms with Gasteiger partial charge in [0.2, 0.25) is 0 Å². The van der Waals surface area contributed by atoms with Crippen LogP contribution in [-0.4, -0.2) is 33.8 Å². The van der Waals surface area contributed by atoms with Gasteiger partial charge < -0.3 is 9.47 Å². The number of azo groups is 1. The van der Waals surface area contributed by atoms with Crippen molar-refractivity contribution in [2.75, 3.05) is 19.0 Å². The van der Waals surface area contributed by atoms with Gasteiger partial charge in [-0.15, -0.1) is 20.4 Å². The summed E-state index contributed by atoms with van der Waals surface area (Å²) in [6.07, 6.45) is 1.59. The Morgan fingerprint density at radius 3 is 2.27 bits per heavy atom. The van der Waals surface area contributed by atoms with Crippen molar-refractivity contribution in [3.8, 4) is 0 Å². The van der Waals surface area contributed by atoms with Crippen LogP contribution in [0, 0.1) is 0 Å². The highest BCUT2D eigenvalue weighted by molar-refractivity contribution is 7.19. The third kappa shape index (κ3) is 4.33. The van der Waals surface area contributed by atoms with Crippen LogP contribution in [0.4, 0.5) is 16.1 Å². The van der Waals surface area contributed by atoms with E-state index in [1.165, 1.54) is 11.3 Å². The topological polar surface area (TPSA) is 71.6 Å². The predicted molar refractivity (Wildman–Crippen MR) is 91.7 cm³/mol. The Hall–Kier alpha value is -1.83. The van der Waals surface area contributed by atoms with Crippen LogP contribution < -0.4 is 4.90 Å². The number of anilines is 1. The molecule has 0 aromatic carbocycles. The van der Waals surface area contributed by atoms with Gasteiger partial charge in [-0.1, -0.05) is 46.0 Å². The zero-order valence-corrected chi connectivity index (χ0v) is 15.4. The number of rotatable bonds is 3. The lowest BCUT2D eigenvalue weighted by atomic mass is 9.93. The first-order valence-corrected chi connectivity index (χ1v) is 8.05. The molecule has 0 N–H and O–H groups in total. The minimum absolute atomic E-state index is 0.0843. The Bertz CT molecular complexity index is 619. The monoisotopic (exact) mass is 323 g/mol. The van der Waals surface area contributed by atoms with E-state index in [0.29, 0.717) is 5.95 Å². The van der Waals surface area contributed by atoms with Crippen LogP contribution in [0.2, 0.25) is 0 Å². The fourth-order valence-corrected chi connectivity index (χ4v) is 2.53. The second-order valence-corrected chi connectivity index (χ2v) is 6.69. The molecule has 0 spiro atoms. The molecule has 8 heteroatoms. The Balaban J connectivity index is 0.00000116. The van der Waals surface area contributed by atoms with E-state index in [9.17, 15) is 0 Å². The van der Waals surface area contributed by atoms with Crippen molar-refractivity contribution in [3.63, 3.8) is 0 Å². The van der Waals surface area contributed by atoms with Gasteiger partial charge in [0.25, 0.3) is 5.95 Å². The molecule has 0 amide bonds. The zero-order chi connectivity index (χ0) is 16.9. The van der Waals surface area contributed by atoms with E-state index >= 15 is 0 Å². The predicted octanol–water partition coefficient (Wildman–Crippen LogP) is 4.08. The molecule has 0 radical (unpaired) electrons. The van der Waals surface area contributed by atoms with Gasteiger partial charge >= 0.3 is 0 Å². The van der Waals surface area contributed by atoms with Gasteiger partial charge in [-0.3, -0.25) is 0 Å². The molecule has 0 bridgehead atoms. The van der Waals surface area contributed by atoms with E-state index in [1.807, 2.05) is 39.9 Å². The van der Waals surface area contributed by atoms with Crippen LogP contribution in [-0.2, 0) is 12.5 Å². The molecule has 2 heterocycles. The van der Waals surface area contributed by atoms with E-state index in [1.54, 1.807) is 10.9 Å². The minimum Gasteiger partial charge on any atom is -0.354 e. The van der Waals surface area contributed by atoms with E-state index < -0.39 is 0 Å². The van der Waals surface area contributed by atoms with Crippen molar-refractivity contribution in [3.05, 3.63) is 12.0 Å². The molecular weight excluding hydrogens is 298 g/mol. The highest BCUT2D eigenvalue weighted by Crippen LogP contribution is 2.39. The maximum atomic E-state index is 4.65. The summed E-state index contributed by atoms with van der Waals surface area (Å²) in [4.78, 5) is 6.62. The third-order valence-electron chi connectivity index (χ3n) is 2.61. The molecule has 2 aromatic rings. The molecule has 7 nitrogen and oxygen atoms in total. The van der Waals surface area contributed by atoms with Crippen molar-refractivity contribution in [1.29, 1.82) is 0 Å². The average molecular weight is 323 g/mol. The zero-order valence-electron chi connectivity index (χ0n) is 14.6. The summed E-state index contributed by atoms with van der Waals surface area (Å²) in [5.74, 6) is 0.477. The van der Waals surface area contributed by atoms with Gasteiger partial charge in [0.15, 0.2) is 10.1 Å². The van der Waals surface area contributed by atoms with E-state index in [4.69, 9.17) is 0 Å². The first-order valence-electron chi connectivity index (χ1n) is 7.23. The van der Waals surface area contributed by atoms with Gasteiger partial charge in [-0.05, 0) is 0 Å².